The normalized spacial score (nSPS) is 20.6. The van der Waals surface area contributed by atoms with E-state index in [9.17, 15) is 4.79 Å². The average Bonchev–Trinajstić information content (AvgIpc) is 3.27. The van der Waals surface area contributed by atoms with Gasteiger partial charge in [0, 0.05) is 36.9 Å². The van der Waals surface area contributed by atoms with Crippen LogP contribution in [0.4, 0.5) is 5.69 Å². The van der Waals surface area contributed by atoms with Gasteiger partial charge in [-0.15, -0.1) is 24.8 Å². The number of para-hydroxylation sites is 1. The zero-order valence-electron chi connectivity index (χ0n) is 17.1. The summed E-state index contributed by atoms with van der Waals surface area (Å²) in [6, 6.07) is 10.9. The number of anilines is 1. The summed E-state index contributed by atoms with van der Waals surface area (Å²) in [5, 5.41) is 3.24. The van der Waals surface area contributed by atoms with Gasteiger partial charge in [0.1, 0.15) is 0 Å². The summed E-state index contributed by atoms with van der Waals surface area (Å²) < 4.78 is 5.67. The fourth-order valence-corrected chi connectivity index (χ4v) is 4.55. The van der Waals surface area contributed by atoms with Crippen molar-refractivity contribution in [3.63, 3.8) is 0 Å². The number of benzene rings is 1. The third-order valence-corrected chi connectivity index (χ3v) is 5.93. The van der Waals surface area contributed by atoms with E-state index in [0.717, 1.165) is 38.0 Å². The minimum Gasteiger partial charge on any atom is -0.459 e. The Labute approximate surface area is 185 Å². The van der Waals surface area contributed by atoms with Gasteiger partial charge in [0.15, 0.2) is 5.76 Å². The zero-order chi connectivity index (χ0) is 18.8. The summed E-state index contributed by atoms with van der Waals surface area (Å²) in [5.74, 6) is 1.07. The van der Waals surface area contributed by atoms with Crippen LogP contribution in [-0.2, 0) is 13.0 Å². The number of nitrogens with zero attached hydrogens (tertiary/aromatic N) is 2. The van der Waals surface area contributed by atoms with E-state index in [0.29, 0.717) is 24.3 Å². The Bertz CT molecular complexity index is 809. The van der Waals surface area contributed by atoms with E-state index < -0.39 is 0 Å². The van der Waals surface area contributed by atoms with Gasteiger partial charge in [-0.05, 0) is 63.4 Å². The Kier molecular flexibility index (Phi) is 8.44. The monoisotopic (exact) mass is 439 g/mol. The second-order valence-electron chi connectivity index (χ2n) is 7.90. The van der Waals surface area contributed by atoms with E-state index in [1.54, 1.807) is 6.26 Å². The molecular weight excluding hydrogens is 409 g/mol. The highest BCUT2D eigenvalue weighted by Gasteiger charge is 2.30. The molecule has 160 valence electrons. The first-order chi connectivity index (χ1) is 13.2. The lowest BCUT2D eigenvalue weighted by Gasteiger charge is -2.32. The predicted octanol–water partition coefficient (Wildman–Crippen LogP) is 4.15. The predicted molar refractivity (Wildman–Crippen MR) is 122 cm³/mol. The van der Waals surface area contributed by atoms with Crippen LogP contribution in [0.3, 0.4) is 0 Å². The molecule has 1 N–H and O–H groups in total. The number of amides is 1. The zero-order valence-corrected chi connectivity index (χ0v) is 18.7. The molecule has 1 aromatic heterocycles. The Hall–Kier alpha value is -1.69. The fourth-order valence-electron chi connectivity index (χ4n) is 4.55. The van der Waals surface area contributed by atoms with Gasteiger partial charge in [0.2, 0.25) is 0 Å². The summed E-state index contributed by atoms with van der Waals surface area (Å²) in [4.78, 5) is 17.5. The molecule has 1 saturated heterocycles. The SMILES string of the molecule is CNCC1CCCN(C(=O)c2occc2CN2c3ccccc3CC2C)C1.Cl.Cl. The molecule has 0 spiro atoms. The van der Waals surface area contributed by atoms with Crippen LogP contribution in [0.5, 0.6) is 0 Å². The minimum atomic E-state index is 0. The summed E-state index contributed by atoms with van der Waals surface area (Å²) in [5.41, 5.74) is 3.64. The van der Waals surface area contributed by atoms with Gasteiger partial charge in [0.05, 0.1) is 6.26 Å². The number of hydrogen-bond donors (Lipinski definition) is 1. The number of hydrogen-bond acceptors (Lipinski definition) is 4. The van der Waals surface area contributed by atoms with Gasteiger partial charge in [-0.2, -0.15) is 0 Å². The second-order valence-corrected chi connectivity index (χ2v) is 7.90. The van der Waals surface area contributed by atoms with Crippen LogP contribution in [0.15, 0.2) is 41.0 Å². The van der Waals surface area contributed by atoms with E-state index in [4.69, 9.17) is 4.42 Å². The lowest BCUT2D eigenvalue weighted by atomic mass is 9.97. The largest absolute Gasteiger partial charge is 0.459 e. The van der Waals surface area contributed by atoms with Crippen molar-refractivity contribution in [3.05, 3.63) is 53.5 Å². The summed E-state index contributed by atoms with van der Waals surface area (Å²) >= 11 is 0. The molecule has 2 aromatic rings. The van der Waals surface area contributed by atoms with Gasteiger partial charge >= 0.3 is 0 Å². The van der Waals surface area contributed by atoms with Gasteiger partial charge in [-0.3, -0.25) is 4.79 Å². The number of carbonyl (C=O) groups is 1. The number of halogens is 2. The van der Waals surface area contributed by atoms with Crippen molar-refractivity contribution in [1.82, 2.24) is 10.2 Å². The maximum absolute atomic E-state index is 13.1. The maximum Gasteiger partial charge on any atom is 0.289 e. The molecule has 4 rings (SSSR count). The third-order valence-electron chi connectivity index (χ3n) is 5.93. The first-order valence-electron chi connectivity index (χ1n) is 10.0. The number of piperidine rings is 1. The molecule has 0 aliphatic carbocycles. The highest BCUT2D eigenvalue weighted by Crippen LogP contribution is 2.34. The molecule has 2 unspecified atom stereocenters. The van der Waals surface area contributed by atoms with Crippen molar-refractivity contribution in [1.29, 1.82) is 0 Å². The molecule has 2 aliphatic heterocycles. The molecular formula is C22H31Cl2N3O2. The quantitative estimate of drug-likeness (QED) is 0.759. The molecule has 29 heavy (non-hydrogen) atoms. The average molecular weight is 440 g/mol. The summed E-state index contributed by atoms with van der Waals surface area (Å²) in [7, 11) is 1.97. The van der Waals surface area contributed by atoms with Gasteiger partial charge in [-0.1, -0.05) is 18.2 Å². The van der Waals surface area contributed by atoms with Crippen LogP contribution < -0.4 is 10.2 Å². The molecule has 7 heteroatoms. The van der Waals surface area contributed by atoms with Crippen LogP contribution in [0.2, 0.25) is 0 Å². The van der Waals surface area contributed by atoms with E-state index in [-0.39, 0.29) is 30.7 Å². The smallest absolute Gasteiger partial charge is 0.289 e. The first-order valence-corrected chi connectivity index (χ1v) is 10.0. The highest BCUT2D eigenvalue weighted by molar-refractivity contribution is 5.93. The number of likely N-dealkylation sites (tertiary alicyclic amines) is 1. The van der Waals surface area contributed by atoms with Crippen molar-refractivity contribution in [2.24, 2.45) is 5.92 Å². The van der Waals surface area contributed by atoms with Crippen molar-refractivity contribution >= 4 is 36.4 Å². The van der Waals surface area contributed by atoms with Crippen molar-refractivity contribution in [2.75, 3.05) is 31.6 Å². The Morgan fingerprint density at radius 1 is 1.24 bits per heavy atom. The van der Waals surface area contributed by atoms with E-state index in [1.165, 1.54) is 17.7 Å². The highest BCUT2D eigenvalue weighted by atomic mass is 35.5. The summed E-state index contributed by atoms with van der Waals surface area (Å²) in [6.07, 6.45) is 4.95. The molecule has 0 saturated carbocycles. The van der Waals surface area contributed by atoms with Crippen LogP contribution >= 0.6 is 24.8 Å². The fraction of sp³-hybridized carbons (Fsp3) is 0.500. The van der Waals surface area contributed by atoms with Gasteiger partial charge < -0.3 is 19.5 Å². The molecule has 0 bridgehead atoms. The number of fused-ring (bicyclic) bond motifs is 1. The van der Waals surface area contributed by atoms with Crippen LogP contribution in [0.25, 0.3) is 0 Å². The molecule has 1 fully saturated rings. The number of furan rings is 1. The topological polar surface area (TPSA) is 48.7 Å². The number of carbonyl (C=O) groups excluding carboxylic acids is 1. The minimum absolute atomic E-state index is 0. The van der Waals surface area contributed by atoms with Crippen LogP contribution in [-0.4, -0.2) is 43.5 Å². The number of rotatable bonds is 5. The Balaban J connectivity index is 0.00000150. The van der Waals surface area contributed by atoms with Crippen LogP contribution in [0.1, 0.15) is 41.4 Å². The van der Waals surface area contributed by atoms with Gasteiger partial charge in [0.25, 0.3) is 5.91 Å². The van der Waals surface area contributed by atoms with Crippen molar-refractivity contribution in [2.45, 2.75) is 38.8 Å². The lowest BCUT2D eigenvalue weighted by Crippen LogP contribution is -2.42. The second kappa shape index (κ2) is 10.4. The molecule has 1 amide bonds. The van der Waals surface area contributed by atoms with E-state index in [2.05, 4.69) is 41.4 Å². The van der Waals surface area contributed by atoms with E-state index in [1.807, 2.05) is 18.0 Å². The molecule has 2 atom stereocenters. The molecule has 0 radical (unpaired) electrons. The van der Waals surface area contributed by atoms with Crippen molar-refractivity contribution < 1.29 is 9.21 Å². The Morgan fingerprint density at radius 2 is 2.03 bits per heavy atom. The van der Waals surface area contributed by atoms with Crippen molar-refractivity contribution in [3.8, 4) is 0 Å². The van der Waals surface area contributed by atoms with E-state index >= 15 is 0 Å². The lowest BCUT2D eigenvalue weighted by molar-refractivity contribution is 0.0640. The molecule has 5 nitrogen and oxygen atoms in total. The maximum atomic E-state index is 13.1. The van der Waals surface area contributed by atoms with Gasteiger partial charge in [-0.25, -0.2) is 0 Å². The molecule has 1 aromatic carbocycles. The summed E-state index contributed by atoms with van der Waals surface area (Å²) in [6.45, 7) is 5.54. The standard InChI is InChI=1S/C22H29N3O2.2ClH/c1-16-12-18-7-3-4-8-20(18)25(16)15-19-9-11-27-21(19)22(26)24-10-5-6-17(14-24)13-23-2;;/h3-4,7-9,11,16-17,23H,5-6,10,12-15H2,1-2H3;2*1H. The third kappa shape index (κ3) is 4.90. The first kappa shape index (κ1) is 23.6. The molecule has 3 heterocycles. The van der Waals surface area contributed by atoms with Crippen LogP contribution in [0, 0.1) is 5.92 Å². The Morgan fingerprint density at radius 3 is 2.83 bits per heavy atom. The molecule has 2 aliphatic rings. The number of nitrogens with one attached hydrogen (secondary N) is 1.